The molecule has 0 unspecified atom stereocenters. The van der Waals surface area contributed by atoms with Gasteiger partial charge in [-0.2, -0.15) is 0 Å². The highest BCUT2D eigenvalue weighted by Crippen LogP contribution is 2.37. The van der Waals surface area contributed by atoms with Gasteiger partial charge in [-0.05, 0) is 208 Å². The molecule has 3 heterocycles. The zero-order chi connectivity index (χ0) is 65.2. The van der Waals surface area contributed by atoms with Gasteiger partial charge in [0, 0.05) is 63.5 Å². The summed E-state index contributed by atoms with van der Waals surface area (Å²) < 4.78 is 48.0. The third-order valence-electron chi connectivity index (χ3n) is 18.7. The van der Waals surface area contributed by atoms with Crippen LogP contribution in [-0.4, -0.2) is 77.6 Å². The molecule has 0 radical (unpaired) electrons. The summed E-state index contributed by atoms with van der Waals surface area (Å²) in [6, 6.07) is 37.4. The Kier molecular flexibility index (Phi) is 27.6. The van der Waals surface area contributed by atoms with Crippen molar-refractivity contribution in [3.63, 3.8) is 0 Å². The molecule has 3 aromatic heterocycles. The van der Waals surface area contributed by atoms with E-state index in [1.165, 1.54) is 114 Å². The predicted octanol–water partition coefficient (Wildman–Crippen LogP) is 18.1. The van der Waals surface area contributed by atoms with Crippen LogP contribution in [0.15, 0.2) is 134 Å². The van der Waals surface area contributed by atoms with Gasteiger partial charge >= 0.3 is 0 Å². The largest absolute Gasteiger partial charge is 0.334 e. The molecule has 91 heavy (non-hydrogen) atoms. The number of hydrogen-bond donors (Lipinski definition) is 3. The molecule has 0 atom stereocenters. The van der Waals surface area contributed by atoms with Gasteiger partial charge in [0.25, 0.3) is 0 Å². The van der Waals surface area contributed by atoms with Gasteiger partial charge in [-0.3, -0.25) is 4.79 Å². The molecule has 0 amide bonds. The molecular weight excluding hydrogens is 1160 g/mol. The third-order valence-corrected chi connectivity index (χ3v) is 18.7. The fourth-order valence-electron chi connectivity index (χ4n) is 12.0. The Morgan fingerprint density at radius 3 is 1.35 bits per heavy atom. The highest BCUT2D eigenvalue weighted by Gasteiger charge is 2.28. The van der Waals surface area contributed by atoms with Gasteiger partial charge in [-0.25, -0.2) is 28.1 Å². The van der Waals surface area contributed by atoms with Crippen molar-refractivity contribution >= 4 is 51.8 Å². The number of nitrogens with one attached hydrogen (secondary N) is 2. The van der Waals surface area contributed by atoms with E-state index in [0.29, 0.717) is 53.7 Å². The molecule has 3 aliphatic carbocycles. The summed E-state index contributed by atoms with van der Waals surface area (Å²) in [6.07, 6.45) is 20.7. The summed E-state index contributed by atoms with van der Waals surface area (Å²) in [5.74, 6) is -0.728. The van der Waals surface area contributed by atoms with Crippen LogP contribution in [0.3, 0.4) is 0 Å². The molecule has 9 aromatic rings. The number of carbonyl (C=O) groups excluding carboxylic acids is 1. The van der Waals surface area contributed by atoms with Crippen LogP contribution >= 0.6 is 12.4 Å². The molecule has 3 aliphatic rings. The number of nitrogens with zero attached hydrogens (tertiary/aromatic N) is 7. The van der Waals surface area contributed by atoms with Gasteiger partial charge in [0.2, 0.25) is 0 Å². The monoisotopic (exact) mass is 1260 g/mol. The zero-order valence-electron chi connectivity index (χ0n) is 56.7. The minimum absolute atomic E-state index is 0. The quantitative estimate of drug-likeness (QED) is 0.103. The van der Waals surface area contributed by atoms with Crippen LogP contribution in [0.4, 0.5) is 13.2 Å². The van der Waals surface area contributed by atoms with E-state index in [1.54, 1.807) is 37.8 Å². The molecule has 4 N–H and O–H groups in total. The number of hydrogen-bond acceptors (Lipinski definition) is 8. The van der Waals surface area contributed by atoms with Crippen molar-refractivity contribution in [3.05, 3.63) is 174 Å². The molecule has 0 spiro atoms. The van der Waals surface area contributed by atoms with E-state index in [4.69, 9.17) is 5.73 Å². The van der Waals surface area contributed by atoms with Gasteiger partial charge in [0.05, 0.1) is 57.6 Å². The highest BCUT2D eigenvalue weighted by molar-refractivity contribution is 5.85. The molecule has 3 saturated carbocycles. The fraction of sp³-hybridized carbons (Fsp3) is 0.474. The highest BCUT2D eigenvalue weighted by atomic mass is 35.5. The first kappa shape index (κ1) is 73.4. The van der Waals surface area contributed by atoms with E-state index in [9.17, 15) is 18.0 Å². The summed E-state index contributed by atoms with van der Waals surface area (Å²) in [4.78, 5) is 25.4. The smallest absolute Gasteiger partial charge is 0.152 e. The maximum absolute atomic E-state index is 14.7. The van der Waals surface area contributed by atoms with Crippen molar-refractivity contribution in [2.45, 2.75) is 178 Å². The van der Waals surface area contributed by atoms with E-state index >= 15 is 0 Å². The van der Waals surface area contributed by atoms with Gasteiger partial charge in [-0.1, -0.05) is 117 Å². The lowest BCUT2D eigenvalue weighted by Gasteiger charge is -2.34. The van der Waals surface area contributed by atoms with Gasteiger partial charge in [-0.15, -0.1) is 12.4 Å². The SMILES string of the molecule is CC1(C)CCC(N)CC1.CCN(CC)CC.Cc1ccc(C=O)c(F)c1.Cl.Cn1cnc2cc(-c3ccc(CNC4CCC(C)(C)CC4)c(F)c3)ccc21.Cn1cnc2ccc(-c3ccc(CNC4CCC(C)(C)CC4)c(F)c3)cc21.Cn1cnc2ccccc21. The van der Waals surface area contributed by atoms with E-state index in [-0.39, 0.29) is 29.6 Å². The topological polar surface area (TPSA) is 124 Å². The average molecular weight is 1270 g/mol. The lowest BCUT2D eigenvalue weighted by Crippen LogP contribution is -2.35. The Bertz CT molecular complexity index is 3680. The maximum atomic E-state index is 14.7. The zero-order valence-corrected chi connectivity index (χ0v) is 57.5. The molecule has 6 aromatic carbocycles. The number of carbonyl (C=O) groups is 1. The summed E-state index contributed by atoms with van der Waals surface area (Å²) in [5, 5.41) is 7.10. The van der Waals surface area contributed by atoms with Crippen LogP contribution in [0.2, 0.25) is 0 Å². The number of nitrogens with two attached hydrogens (primary N) is 1. The van der Waals surface area contributed by atoms with Crippen LogP contribution in [0.5, 0.6) is 0 Å². The Hall–Kier alpha value is -6.68. The Morgan fingerprint density at radius 1 is 0.505 bits per heavy atom. The number of halogens is 4. The van der Waals surface area contributed by atoms with E-state index in [2.05, 4.69) is 105 Å². The second kappa shape index (κ2) is 34.3. The van der Waals surface area contributed by atoms with Crippen molar-refractivity contribution in [1.29, 1.82) is 0 Å². The number of rotatable bonds is 12. The van der Waals surface area contributed by atoms with Crippen molar-refractivity contribution in [2.75, 3.05) is 19.6 Å². The first-order chi connectivity index (χ1) is 42.9. The Morgan fingerprint density at radius 2 is 0.912 bits per heavy atom. The van der Waals surface area contributed by atoms with Crippen LogP contribution in [0.1, 0.15) is 166 Å². The fourth-order valence-corrected chi connectivity index (χ4v) is 12.0. The molecule has 0 bridgehead atoms. The Labute approximate surface area is 547 Å². The normalized spacial score (nSPS) is 16.2. The van der Waals surface area contributed by atoms with Gasteiger partial charge < -0.3 is 35.0 Å². The van der Waals surface area contributed by atoms with E-state index < -0.39 is 5.82 Å². The third kappa shape index (κ3) is 22.0. The molecule has 0 saturated heterocycles. The first-order valence-electron chi connectivity index (χ1n) is 32.8. The van der Waals surface area contributed by atoms with Crippen molar-refractivity contribution in [2.24, 2.45) is 43.1 Å². The molecule has 0 aliphatic heterocycles. The second-order valence-electron chi connectivity index (χ2n) is 27.5. The number of para-hydroxylation sites is 2. The predicted molar refractivity (Wildman–Crippen MR) is 376 cm³/mol. The number of benzene rings is 6. The van der Waals surface area contributed by atoms with Crippen molar-refractivity contribution < 1.29 is 18.0 Å². The number of fused-ring (bicyclic) bond motifs is 3. The number of imidazole rings is 3. The first-order valence-corrected chi connectivity index (χ1v) is 32.8. The van der Waals surface area contributed by atoms with Crippen molar-refractivity contribution in [1.82, 2.24) is 44.2 Å². The molecule has 15 heteroatoms. The molecule has 12 rings (SSSR count). The number of aromatic nitrogens is 6. The van der Waals surface area contributed by atoms with Crippen LogP contribution in [0, 0.1) is 40.6 Å². The molecular formula is C76H104ClF3N10O. The minimum atomic E-state index is -0.449. The second-order valence-corrected chi connectivity index (χ2v) is 27.5. The summed E-state index contributed by atoms with van der Waals surface area (Å²) >= 11 is 0. The lowest BCUT2D eigenvalue weighted by molar-refractivity contribution is 0.111. The van der Waals surface area contributed by atoms with Crippen molar-refractivity contribution in [3.8, 4) is 22.3 Å². The number of aldehydes is 1. The standard InChI is InChI=1S/2C23H28FN3.C8H7FO.C8H8N2.C8H17N.C6H15N.ClH/c1-23(2)10-8-19(9-11-23)25-14-18-5-4-16(12-20(18)24)17-6-7-22-21(13-17)26-15-27(22)3;1-23(2)10-8-19(9-11-23)25-14-18-5-4-16(12-20(18)24)17-6-7-21-22(13-17)27(3)15-26-21;1-6-2-3-7(5-10)8(9)4-6;1-10-6-9-7-4-2-3-5-8(7)10;1-8(2)5-3-7(9)4-6-8;1-4-7(5-2)6-3;/h2*4-7,12-13,15,19,25H,8-11,14H2,1-3H3;2-5H,1H3;2-6H,1H3;7H,3-6,9H2,1-2H3;4-6H2,1-3H3;1H. The summed E-state index contributed by atoms with van der Waals surface area (Å²) in [6.45, 7) is 27.1. The minimum Gasteiger partial charge on any atom is -0.334 e. The maximum Gasteiger partial charge on any atom is 0.152 e. The van der Waals surface area contributed by atoms with Crippen LogP contribution in [-0.2, 0) is 34.2 Å². The number of aryl methyl sites for hydroxylation is 4. The van der Waals surface area contributed by atoms with Crippen LogP contribution in [0.25, 0.3) is 55.4 Å². The Balaban J connectivity index is 0.000000189. The van der Waals surface area contributed by atoms with Gasteiger partial charge in [0.15, 0.2) is 6.29 Å². The van der Waals surface area contributed by atoms with Crippen LogP contribution < -0.4 is 16.4 Å². The molecule has 11 nitrogen and oxygen atoms in total. The lowest BCUT2D eigenvalue weighted by atomic mass is 9.75. The average Bonchev–Trinajstić information content (AvgIpc) is 1.91. The van der Waals surface area contributed by atoms with E-state index in [1.807, 2.05) is 114 Å². The molecule has 492 valence electrons. The van der Waals surface area contributed by atoms with Gasteiger partial charge in [0.1, 0.15) is 17.5 Å². The molecule has 3 fully saturated rings. The summed E-state index contributed by atoms with van der Waals surface area (Å²) in [5.41, 5.74) is 19.7. The summed E-state index contributed by atoms with van der Waals surface area (Å²) in [7, 11) is 5.94. The van der Waals surface area contributed by atoms with E-state index in [0.717, 1.165) is 66.5 Å².